The molecule has 3 saturated heterocycles. The molecule has 26 heavy (non-hydrogen) atoms. The first-order valence-corrected chi connectivity index (χ1v) is 11.1. The third kappa shape index (κ3) is 3.10. The molecule has 2 bridgehead atoms. The van der Waals surface area contributed by atoms with Gasteiger partial charge in [0.05, 0.1) is 11.7 Å². The normalized spacial score (nSPS) is 36.7. The first-order valence-electron chi connectivity index (χ1n) is 10.3. The number of carbonyl (C=O) groups excluding carboxylic acids is 1. The Kier molecular flexibility index (Phi) is 4.53. The Balaban J connectivity index is 1.18. The highest BCUT2D eigenvalue weighted by atomic mass is 32.1. The molecular weight excluding hydrogens is 346 g/mol. The second-order valence-electron chi connectivity index (χ2n) is 8.89. The fraction of sp³-hybridized carbons (Fsp3) is 0.800. The molecule has 1 N–H and O–H groups in total. The summed E-state index contributed by atoms with van der Waals surface area (Å²) in [4.78, 5) is 14.9. The van der Waals surface area contributed by atoms with E-state index in [1.54, 1.807) is 0 Å². The van der Waals surface area contributed by atoms with E-state index < -0.39 is 0 Å². The van der Waals surface area contributed by atoms with Crippen LogP contribution in [0, 0.1) is 17.8 Å². The smallest absolute Gasteiger partial charge is 0.220 e. The van der Waals surface area contributed by atoms with Gasteiger partial charge in [0.2, 0.25) is 5.91 Å². The molecule has 4 atom stereocenters. The minimum atomic E-state index is 0.0506. The Bertz CT molecular complexity index is 645. The molecule has 0 radical (unpaired) electrons. The van der Waals surface area contributed by atoms with Gasteiger partial charge >= 0.3 is 0 Å². The van der Waals surface area contributed by atoms with Crippen molar-refractivity contribution in [1.29, 1.82) is 0 Å². The van der Waals surface area contributed by atoms with Gasteiger partial charge in [-0.3, -0.25) is 9.69 Å². The molecule has 1 aromatic rings. The van der Waals surface area contributed by atoms with Crippen LogP contribution in [-0.4, -0.2) is 46.5 Å². The van der Waals surface area contributed by atoms with Gasteiger partial charge in [0, 0.05) is 56.0 Å². The van der Waals surface area contributed by atoms with Crippen LogP contribution in [0.15, 0.2) is 11.6 Å². The van der Waals surface area contributed by atoms with Gasteiger partial charge in [-0.05, 0) is 48.7 Å². The molecule has 6 heteroatoms. The van der Waals surface area contributed by atoms with E-state index >= 15 is 0 Å². The van der Waals surface area contributed by atoms with Crippen LogP contribution in [0.3, 0.4) is 0 Å². The van der Waals surface area contributed by atoms with Crippen molar-refractivity contribution in [2.75, 3.05) is 19.6 Å². The van der Waals surface area contributed by atoms with Crippen LogP contribution in [-0.2, 0) is 16.1 Å². The summed E-state index contributed by atoms with van der Waals surface area (Å²) in [7, 11) is 0. The molecule has 1 spiro atoms. The summed E-state index contributed by atoms with van der Waals surface area (Å²) < 4.78 is 10.7. The minimum Gasteiger partial charge on any atom is -0.370 e. The van der Waals surface area contributed by atoms with Crippen LogP contribution in [0.1, 0.15) is 50.5 Å². The van der Waals surface area contributed by atoms with E-state index in [2.05, 4.69) is 20.0 Å². The van der Waals surface area contributed by atoms with Gasteiger partial charge in [0.1, 0.15) is 0 Å². The average molecular weight is 376 g/mol. The van der Waals surface area contributed by atoms with Gasteiger partial charge in [0.25, 0.3) is 0 Å². The zero-order valence-electron chi connectivity index (χ0n) is 15.4. The van der Waals surface area contributed by atoms with Crippen molar-refractivity contribution >= 4 is 17.4 Å². The lowest BCUT2D eigenvalue weighted by molar-refractivity contribution is -0.122. The lowest BCUT2D eigenvalue weighted by Gasteiger charge is -2.29. The molecule has 4 heterocycles. The van der Waals surface area contributed by atoms with E-state index in [1.807, 2.05) is 6.20 Å². The molecule has 142 valence electrons. The molecule has 1 aromatic heterocycles. The Morgan fingerprint density at radius 2 is 2.27 bits per heavy atom. The van der Waals surface area contributed by atoms with Crippen LogP contribution in [0.25, 0.3) is 0 Å². The van der Waals surface area contributed by atoms with E-state index in [0.29, 0.717) is 23.9 Å². The van der Waals surface area contributed by atoms with Crippen molar-refractivity contribution in [3.63, 3.8) is 0 Å². The maximum Gasteiger partial charge on any atom is 0.220 e. The third-order valence-corrected chi connectivity index (χ3v) is 7.86. The lowest BCUT2D eigenvalue weighted by atomic mass is 9.73. The summed E-state index contributed by atoms with van der Waals surface area (Å²) in [6.45, 7) is 3.91. The number of aromatic nitrogens is 1. The van der Waals surface area contributed by atoms with Crippen molar-refractivity contribution in [3.8, 4) is 0 Å². The van der Waals surface area contributed by atoms with Gasteiger partial charge in [-0.15, -0.1) is 0 Å². The van der Waals surface area contributed by atoms with Crippen LogP contribution in [0.5, 0.6) is 0 Å². The van der Waals surface area contributed by atoms with Gasteiger partial charge in [-0.25, -0.2) is 4.37 Å². The topological polar surface area (TPSA) is 54.5 Å². The second kappa shape index (κ2) is 6.88. The quantitative estimate of drug-likeness (QED) is 0.831. The molecule has 1 aliphatic carbocycles. The van der Waals surface area contributed by atoms with Crippen molar-refractivity contribution < 1.29 is 9.53 Å². The molecule has 4 aliphatic rings. The number of ether oxygens (including phenoxy) is 1. The Hall–Kier alpha value is -0.980. The van der Waals surface area contributed by atoms with Gasteiger partial charge in [-0.1, -0.05) is 12.8 Å². The predicted molar refractivity (Wildman–Crippen MR) is 101 cm³/mol. The van der Waals surface area contributed by atoms with Gasteiger partial charge in [-0.2, -0.15) is 0 Å². The van der Waals surface area contributed by atoms with E-state index in [0.717, 1.165) is 39.0 Å². The van der Waals surface area contributed by atoms with Crippen molar-refractivity contribution in [2.24, 2.45) is 17.8 Å². The van der Waals surface area contributed by atoms with Gasteiger partial charge in [0.15, 0.2) is 0 Å². The van der Waals surface area contributed by atoms with Crippen molar-refractivity contribution in [3.05, 3.63) is 17.1 Å². The first-order chi connectivity index (χ1) is 12.7. The summed E-state index contributed by atoms with van der Waals surface area (Å²) in [5, 5.41) is 5.40. The summed E-state index contributed by atoms with van der Waals surface area (Å²) in [6.07, 6.45) is 10.5. The molecule has 5 nitrogen and oxygen atoms in total. The summed E-state index contributed by atoms with van der Waals surface area (Å²) in [5.74, 6) is 1.94. The van der Waals surface area contributed by atoms with Crippen LogP contribution in [0.4, 0.5) is 0 Å². The predicted octanol–water partition coefficient (Wildman–Crippen LogP) is 2.82. The Morgan fingerprint density at radius 1 is 1.38 bits per heavy atom. The largest absolute Gasteiger partial charge is 0.370 e. The molecule has 1 amide bonds. The lowest BCUT2D eigenvalue weighted by Crippen LogP contribution is -2.42. The van der Waals surface area contributed by atoms with E-state index in [-0.39, 0.29) is 11.5 Å². The van der Waals surface area contributed by atoms with Crippen LogP contribution in [0.2, 0.25) is 0 Å². The number of carbonyl (C=O) groups is 1. The number of nitrogens with one attached hydrogen (secondary N) is 1. The maximum absolute atomic E-state index is 12.4. The highest BCUT2D eigenvalue weighted by molar-refractivity contribution is 7.03. The fourth-order valence-electron chi connectivity index (χ4n) is 6.02. The number of amides is 1. The molecular formula is C20H29N3O2S. The maximum atomic E-state index is 12.4. The molecule has 0 aromatic carbocycles. The number of hydrogen-bond acceptors (Lipinski definition) is 5. The number of hydrogen-bond donors (Lipinski definition) is 1. The average Bonchev–Trinajstić information content (AvgIpc) is 3.40. The highest BCUT2D eigenvalue weighted by Gasteiger charge is 2.62. The summed E-state index contributed by atoms with van der Waals surface area (Å²) in [5.41, 5.74) is 1.36. The zero-order valence-corrected chi connectivity index (χ0v) is 16.2. The fourth-order valence-corrected chi connectivity index (χ4v) is 6.55. The van der Waals surface area contributed by atoms with E-state index in [4.69, 9.17) is 4.74 Å². The number of rotatable bonds is 6. The second-order valence-corrected chi connectivity index (χ2v) is 9.55. The monoisotopic (exact) mass is 375 g/mol. The Morgan fingerprint density at radius 3 is 3.08 bits per heavy atom. The Labute approximate surface area is 159 Å². The molecule has 0 unspecified atom stereocenters. The third-order valence-electron chi connectivity index (χ3n) is 7.23. The van der Waals surface area contributed by atoms with Crippen molar-refractivity contribution in [2.45, 2.75) is 63.2 Å². The SMILES string of the molecule is O=C(CC1CCCC1)NC[C@H]1[C@H]2CN(Cc3cnsc3)C[C@]23CC[C@H]1O3. The molecule has 1 saturated carbocycles. The first kappa shape index (κ1) is 17.1. The minimum absolute atomic E-state index is 0.0506. The zero-order chi connectivity index (χ0) is 17.6. The van der Waals surface area contributed by atoms with Gasteiger partial charge < -0.3 is 10.1 Å². The van der Waals surface area contributed by atoms with Crippen LogP contribution < -0.4 is 5.32 Å². The standard InChI is InChI=1S/C20H29N3O2S/c24-19(7-14-3-1-2-4-14)21-9-16-17-11-23(10-15-8-22-26-12-15)13-20(17)6-5-18(16)25-20/h8,12,14,16-18H,1-7,9-11,13H2,(H,21,24)/t16-,17+,18+,20+/m0/s1. The molecule has 5 rings (SSSR count). The van der Waals surface area contributed by atoms with E-state index in [1.165, 1.54) is 49.2 Å². The van der Waals surface area contributed by atoms with Crippen LogP contribution >= 0.6 is 11.5 Å². The highest BCUT2D eigenvalue weighted by Crippen LogP contribution is 2.54. The summed E-state index contributed by atoms with van der Waals surface area (Å²) in [6, 6.07) is 0. The number of nitrogens with zero attached hydrogens (tertiary/aromatic N) is 2. The number of likely N-dealkylation sites (tertiary alicyclic amines) is 1. The molecule has 3 aliphatic heterocycles. The molecule has 4 fully saturated rings. The summed E-state index contributed by atoms with van der Waals surface area (Å²) >= 11 is 1.53. The van der Waals surface area contributed by atoms with Crippen molar-refractivity contribution in [1.82, 2.24) is 14.6 Å². The van der Waals surface area contributed by atoms with E-state index in [9.17, 15) is 4.79 Å². The number of fused-ring (bicyclic) bond motifs is 1.